The van der Waals surface area contributed by atoms with Crippen molar-refractivity contribution in [2.24, 2.45) is 5.73 Å². The van der Waals surface area contributed by atoms with E-state index < -0.39 is 10.0 Å². The highest BCUT2D eigenvalue weighted by atomic mass is 32.2. The van der Waals surface area contributed by atoms with Gasteiger partial charge in [0.2, 0.25) is 5.91 Å². The first kappa shape index (κ1) is 27.0. The van der Waals surface area contributed by atoms with E-state index >= 15 is 0 Å². The Morgan fingerprint density at radius 3 is 2.62 bits per heavy atom. The lowest BCUT2D eigenvalue weighted by Crippen LogP contribution is -2.22. The van der Waals surface area contributed by atoms with E-state index in [1.54, 1.807) is 41.9 Å². The zero-order valence-corrected chi connectivity index (χ0v) is 22.7. The minimum atomic E-state index is -3.61. The molecule has 1 amide bonds. The molecule has 0 atom stereocenters. The maximum Gasteiger partial charge on any atom is 0.271 e. The van der Waals surface area contributed by atoms with E-state index in [1.807, 2.05) is 12.1 Å². The number of thiophene rings is 1. The second-order valence-electron chi connectivity index (χ2n) is 8.50. The van der Waals surface area contributed by atoms with Crippen LogP contribution in [0, 0.1) is 0 Å². The van der Waals surface area contributed by atoms with Crippen LogP contribution in [-0.4, -0.2) is 30.8 Å². The van der Waals surface area contributed by atoms with Crippen molar-refractivity contribution in [3.63, 3.8) is 0 Å². The smallest absolute Gasteiger partial charge is 0.271 e. The van der Waals surface area contributed by atoms with Gasteiger partial charge in [-0.1, -0.05) is 42.7 Å². The first-order chi connectivity index (χ1) is 17.9. The number of sulfonamides is 1. The van der Waals surface area contributed by atoms with E-state index in [2.05, 4.69) is 25.3 Å². The van der Waals surface area contributed by atoms with Gasteiger partial charge in [-0.15, -0.1) is 11.3 Å². The van der Waals surface area contributed by atoms with Gasteiger partial charge in [-0.3, -0.25) is 9.52 Å². The molecule has 0 saturated heterocycles. The van der Waals surface area contributed by atoms with Gasteiger partial charge in [0.15, 0.2) is 5.13 Å². The normalized spacial score (nSPS) is 11.5. The molecule has 196 valence electrons. The standard InChI is InChI=1S/C25H30N6O3S3/c26-13-5-3-1-2-4-7-23(32)28-17-18-9-12-22(27-16-18)30-25-29-20-11-10-19(15-21(20)36-25)31-37(33,34)24-8-6-14-35-24/h6,8-12,14-16,31H,1-5,7,13,17,26H2,(H,28,32)(H,27,29,30). The summed E-state index contributed by atoms with van der Waals surface area (Å²) < 4.78 is 28.7. The van der Waals surface area contributed by atoms with Gasteiger partial charge in [0, 0.05) is 19.2 Å². The Labute approximate surface area is 224 Å². The highest BCUT2D eigenvalue weighted by molar-refractivity contribution is 7.94. The molecule has 0 aliphatic heterocycles. The molecule has 3 heterocycles. The van der Waals surface area contributed by atoms with Crippen LogP contribution in [0.15, 0.2) is 58.3 Å². The fourth-order valence-corrected chi connectivity index (χ4v) is 6.58. The number of carbonyl (C=O) groups is 1. The molecule has 5 N–H and O–H groups in total. The lowest BCUT2D eigenvalue weighted by atomic mass is 10.1. The van der Waals surface area contributed by atoms with Gasteiger partial charge in [0.25, 0.3) is 10.0 Å². The van der Waals surface area contributed by atoms with Gasteiger partial charge in [-0.2, -0.15) is 0 Å². The third-order valence-corrected chi connectivity index (χ3v) is 9.27. The van der Waals surface area contributed by atoms with Gasteiger partial charge < -0.3 is 16.4 Å². The molecule has 4 rings (SSSR count). The molecule has 9 nitrogen and oxygen atoms in total. The Bertz CT molecular complexity index is 1400. The Balaban J connectivity index is 1.27. The fourth-order valence-electron chi connectivity index (χ4n) is 3.63. The zero-order valence-electron chi connectivity index (χ0n) is 20.3. The predicted octanol–water partition coefficient (Wildman–Crippen LogP) is 5.21. The minimum Gasteiger partial charge on any atom is -0.352 e. The Morgan fingerprint density at radius 2 is 1.86 bits per heavy atom. The topological polar surface area (TPSA) is 139 Å². The maximum atomic E-state index is 12.5. The number of rotatable bonds is 14. The van der Waals surface area contributed by atoms with Crippen LogP contribution in [0.4, 0.5) is 16.6 Å². The van der Waals surface area contributed by atoms with Gasteiger partial charge in [-0.05, 0) is 60.7 Å². The highest BCUT2D eigenvalue weighted by Gasteiger charge is 2.16. The number of fused-ring (bicyclic) bond motifs is 1. The molecule has 3 aromatic heterocycles. The first-order valence-corrected chi connectivity index (χ1v) is 15.3. The molecule has 0 bridgehead atoms. The Hall–Kier alpha value is -3.06. The van der Waals surface area contributed by atoms with Crippen molar-refractivity contribution in [2.75, 3.05) is 16.6 Å². The molecule has 0 radical (unpaired) electrons. The summed E-state index contributed by atoms with van der Waals surface area (Å²) in [4.78, 5) is 21.0. The third-order valence-electron chi connectivity index (χ3n) is 5.56. The summed E-state index contributed by atoms with van der Waals surface area (Å²) in [5.41, 5.74) is 7.63. The Kier molecular flexibility index (Phi) is 9.45. The third kappa shape index (κ3) is 7.96. The number of nitrogens with one attached hydrogen (secondary N) is 3. The van der Waals surface area contributed by atoms with Crippen molar-refractivity contribution in [3.05, 3.63) is 59.6 Å². The van der Waals surface area contributed by atoms with E-state index in [9.17, 15) is 13.2 Å². The summed E-state index contributed by atoms with van der Waals surface area (Å²) in [6.45, 7) is 1.16. The number of anilines is 3. The number of carbonyl (C=O) groups excluding carboxylic acids is 1. The number of aromatic nitrogens is 2. The second kappa shape index (κ2) is 13.0. The molecular formula is C25H30N6O3S3. The highest BCUT2D eigenvalue weighted by Crippen LogP contribution is 2.31. The number of amides is 1. The van der Waals surface area contributed by atoms with E-state index in [4.69, 9.17) is 5.73 Å². The molecule has 0 fully saturated rings. The Morgan fingerprint density at radius 1 is 1.03 bits per heavy atom. The van der Waals surface area contributed by atoms with Crippen LogP contribution in [0.2, 0.25) is 0 Å². The molecule has 0 aliphatic rings. The summed E-state index contributed by atoms with van der Waals surface area (Å²) in [6, 6.07) is 12.3. The molecule has 12 heteroatoms. The van der Waals surface area contributed by atoms with Gasteiger partial charge >= 0.3 is 0 Å². The van der Waals surface area contributed by atoms with Crippen molar-refractivity contribution in [2.45, 2.75) is 49.3 Å². The lowest BCUT2D eigenvalue weighted by Gasteiger charge is -2.06. The molecule has 4 aromatic rings. The molecule has 0 unspecified atom stereocenters. The predicted molar refractivity (Wildman–Crippen MR) is 151 cm³/mol. The average Bonchev–Trinajstić information content (AvgIpc) is 3.56. The summed E-state index contributed by atoms with van der Waals surface area (Å²) in [6.07, 6.45) is 7.48. The van der Waals surface area contributed by atoms with Gasteiger partial charge in [0.05, 0.1) is 15.9 Å². The fraction of sp³-hybridized carbons (Fsp3) is 0.320. The van der Waals surface area contributed by atoms with Crippen LogP contribution in [0.3, 0.4) is 0 Å². The van der Waals surface area contributed by atoms with Crippen LogP contribution in [0.25, 0.3) is 10.2 Å². The summed E-state index contributed by atoms with van der Waals surface area (Å²) in [5.74, 6) is 0.679. The number of pyridine rings is 1. The van der Waals surface area contributed by atoms with Gasteiger partial charge in [-0.25, -0.2) is 18.4 Å². The van der Waals surface area contributed by atoms with Crippen molar-refractivity contribution >= 4 is 65.5 Å². The number of thiazole rings is 1. The van der Waals surface area contributed by atoms with Crippen molar-refractivity contribution in [1.82, 2.24) is 15.3 Å². The maximum absolute atomic E-state index is 12.5. The largest absolute Gasteiger partial charge is 0.352 e. The number of hydrogen-bond donors (Lipinski definition) is 4. The second-order valence-corrected chi connectivity index (χ2v) is 12.4. The van der Waals surface area contributed by atoms with Gasteiger partial charge in [0.1, 0.15) is 10.0 Å². The molecule has 0 spiro atoms. The molecule has 0 saturated carbocycles. The number of unbranched alkanes of at least 4 members (excludes halogenated alkanes) is 4. The molecule has 1 aromatic carbocycles. The van der Waals surface area contributed by atoms with E-state index in [-0.39, 0.29) is 10.1 Å². The van der Waals surface area contributed by atoms with Crippen LogP contribution >= 0.6 is 22.7 Å². The minimum absolute atomic E-state index is 0.0487. The van der Waals surface area contributed by atoms with E-state index in [1.165, 1.54) is 22.7 Å². The lowest BCUT2D eigenvalue weighted by molar-refractivity contribution is -0.121. The van der Waals surface area contributed by atoms with Crippen molar-refractivity contribution < 1.29 is 13.2 Å². The van der Waals surface area contributed by atoms with E-state index in [0.717, 1.165) is 54.4 Å². The molecule has 0 aliphatic carbocycles. The number of nitrogens with two attached hydrogens (primary N) is 1. The van der Waals surface area contributed by atoms with Crippen molar-refractivity contribution in [1.29, 1.82) is 0 Å². The van der Waals surface area contributed by atoms with Crippen LogP contribution in [-0.2, 0) is 21.4 Å². The molecule has 37 heavy (non-hydrogen) atoms. The number of hydrogen-bond acceptors (Lipinski definition) is 9. The number of nitrogens with zero attached hydrogens (tertiary/aromatic N) is 2. The number of benzene rings is 1. The average molecular weight is 559 g/mol. The molecular weight excluding hydrogens is 529 g/mol. The van der Waals surface area contributed by atoms with Crippen LogP contribution in [0.1, 0.15) is 44.1 Å². The monoisotopic (exact) mass is 558 g/mol. The summed E-state index contributed by atoms with van der Waals surface area (Å²) in [7, 11) is -3.61. The zero-order chi connectivity index (χ0) is 26.1. The van der Waals surface area contributed by atoms with E-state index in [0.29, 0.717) is 29.6 Å². The summed E-state index contributed by atoms with van der Waals surface area (Å²) >= 11 is 2.57. The van der Waals surface area contributed by atoms with Crippen molar-refractivity contribution in [3.8, 4) is 0 Å². The summed E-state index contributed by atoms with van der Waals surface area (Å²) in [5, 5.41) is 8.50. The SMILES string of the molecule is NCCCCCCCC(=O)NCc1ccc(Nc2nc3ccc(NS(=O)(=O)c4cccs4)cc3s2)nc1. The van der Waals surface area contributed by atoms with Crippen LogP contribution < -0.4 is 21.1 Å². The first-order valence-electron chi connectivity index (χ1n) is 12.1. The quantitative estimate of drug-likeness (QED) is 0.156. The van der Waals surface area contributed by atoms with Crippen LogP contribution in [0.5, 0.6) is 0 Å².